The lowest BCUT2D eigenvalue weighted by Crippen LogP contribution is -2.27. The molecule has 0 spiro atoms. The molecule has 1 amide bonds. The van der Waals surface area contributed by atoms with Gasteiger partial charge in [0.2, 0.25) is 13.6 Å². The Hall–Kier alpha value is -1.64. The summed E-state index contributed by atoms with van der Waals surface area (Å²) in [6, 6.07) is 0. The van der Waals surface area contributed by atoms with Gasteiger partial charge >= 0.3 is 25.6 Å². The Labute approximate surface area is 185 Å². The third-order valence-electron chi connectivity index (χ3n) is 3.71. The summed E-state index contributed by atoms with van der Waals surface area (Å²) in [5, 5.41) is 2.54. The zero-order chi connectivity index (χ0) is 24.1. The van der Waals surface area contributed by atoms with Gasteiger partial charge in [-0.1, -0.05) is 13.3 Å². The second-order valence-corrected chi connectivity index (χ2v) is 11.1. The van der Waals surface area contributed by atoms with E-state index in [9.17, 15) is 18.9 Å². The molecule has 0 aromatic heterocycles. The first kappa shape index (κ1) is 29.4. The van der Waals surface area contributed by atoms with Crippen molar-refractivity contribution in [2.24, 2.45) is 10.8 Å². The van der Waals surface area contributed by atoms with Crippen LogP contribution in [0.5, 0.6) is 0 Å². The minimum atomic E-state index is -3.77. The van der Waals surface area contributed by atoms with Crippen LogP contribution in [0.25, 0.3) is 0 Å². The molecular formula is C20H38NO9P. The number of rotatable bonds is 13. The molecule has 0 heterocycles. The summed E-state index contributed by atoms with van der Waals surface area (Å²) in [7, 11) is -3.77. The van der Waals surface area contributed by atoms with E-state index in [-0.39, 0.29) is 19.1 Å². The van der Waals surface area contributed by atoms with Crippen LogP contribution in [-0.4, -0.2) is 50.9 Å². The fourth-order valence-corrected chi connectivity index (χ4v) is 3.05. The number of unbranched alkanes of at least 4 members (excludes halogenated alkanes) is 1. The lowest BCUT2D eigenvalue weighted by Gasteiger charge is -2.22. The Morgan fingerprint density at radius 1 is 0.806 bits per heavy atom. The van der Waals surface area contributed by atoms with E-state index in [1.54, 1.807) is 41.5 Å². The Bertz CT molecular complexity index is 587. The average molecular weight is 467 g/mol. The van der Waals surface area contributed by atoms with Crippen molar-refractivity contribution in [2.75, 3.05) is 32.9 Å². The minimum absolute atomic E-state index is 0.0949. The summed E-state index contributed by atoms with van der Waals surface area (Å²) in [4.78, 5) is 35.2. The highest BCUT2D eigenvalue weighted by molar-refractivity contribution is 7.53. The number of amides is 1. The second-order valence-electron chi connectivity index (χ2n) is 8.96. The van der Waals surface area contributed by atoms with Crippen molar-refractivity contribution in [2.45, 2.75) is 67.7 Å². The second kappa shape index (κ2) is 13.7. The van der Waals surface area contributed by atoms with Crippen LogP contribution < -0.4 is 5.32 Å². The number of ether oxygens (including phenoxy) is 3. The van der Waals surface area contributed by atoms with Crippen molar-refractivity contribution in [3.63, 3.8) is 0 Å². The molecule has 31 heavy (non-hydrogen) atoms. The van der Waals surface area contributed by atoms with Crippen molar-refractivity contribution in [1.82, 2.24) is 5.32 Å². The number of hydrogen-bond donors (Lipinski definition) is 1. The number of esters is 2. The number of alkyl carbamates (subject to hydrolysis) is 1. The Kier molecular flexibility index (Phi) is 13.0. The molecule has 0 saturated heterocycles. The van der Waals surface area contributed by atoms with Gasteiger partial charge in [-0.3, -0.25) is 23.2 Å². The standard InChI is InChI=1S/C20H38NO9P/c1-8-9-12-26-18(24)21-11-10-13-31(25,29-14-27-16(22)19(2,3)4)30-15-28-17(23)20(5,6)7/h8-15H2,1-7H3,(H,21,24). The molecule has 0 aliphatic carbocycles. The molecule has 0 unspecified atom stereocenters. The monoisotopic (exact) mass is 467 g/mol. The zero-order valence-corrected chi connectivity index (χ0v) is 20.7. The summed E-state index contributed by atoms with van der Waals surface area (Å²) in [5.41, 5.74) is -1.50. The van der Waals surface area contributed by atoms with Gasteiger partial charge in [0.05, 0.1) is 23.6 Å². The van der Waals surface area contributed by atoms with E-state index in [0.717, 1.165) is 12.8 Å². The molecule has 182 valence electrons. The lowest BCUT2D eigenvalue weighted by atomic mass is 9.98. The van der Waals surface area contributed by atoms with Crippen LogP contribution in [0, 0.1) is 10.8 Å². The average Bonchev–Trinajstić information content (AvgIpc) is 2.64. The van der Waals surface area contributed by atoms with Crippen LogP contribution in [0.3, 0.4) is 0 Å². The highest BCUT2D eigenvalue weighted by Gasteiger charge is 2.29. The summed E-state index contributed by atoms with van der Waals surface area (Å²) in [6.45, 7) is 11.3. The third kappa shape index (κ3) is 14.1. The molecule has 11 heteroatoms. The van der Waals surface area contributed by atoms with Gasteiger partial charge in [0.1, 0.15) is 0 Å². The first-order valence-corrected chi connectivity index (χ1v) is 12.1. The summed E-state index contributed by atoms with van der Waals surface area (Å²) in [5.74, 6) is -1.07. The predicted molar refractivity (Wildman–Crippen MR) is 114 cm³/mol. The minimum Gasteiger partial charge on any atom is -0.450 e. The lowest BCUT2D eigenvalue weighted by molar-refractivity contribution is -0.162. The van der Waals surface area contributed by atoms with E-state index < -0.39 is 50.0 Å². The molecule has 1 N–H and O–H groups in total. The van der Waals surface area contributed by atoms with E-state index in [4.69, 9.17) is 23.3 Å². The molecule has 0 fully saturated rings. The van der Waals surface area contributed by atoms with Crippen molar-refractivity contribution in [3.8, 4) is 0 Å². The summed E-state index contributed by atoms with van der Waals surface area (Å²) in [6.07, 6.45) is 1.25. The molecule has 0 radical (unpaired) electrons. The largest absolute Gasteiger partial charge is 0.450 e. The fourth-order valence-electron chi connectivity index (χ4n) is 1.74. The van der Waals surface area contributed by atoms with Gasteiger partial charge in [-0.2, -0.15) is 0 Å². The van der Waals surface area contributed by atoms with Crippen LogP contribution in [0.2, 0.25) is 0 Å². The van der Waals surface area contributed by atoms with Gasteiger partial charge in [0, 0.05) is 6.54 Å². The van der Waals surface area contributed by atoms with E-state index >= 15 is 0 Å². The third-order valence-corrected chi connectivity index (χ3v) is 5.57. The van der Waals surface area contributed by atoms with Crippen LogP contribution in [0.15, 0.2) is 0 Å². The van der Waals surface area contributed by atoms with Crippen molar-refractivity contribution in [1.29, 1.82) is 0 Å². The molecule has 10 nitrogen and oxygen atoms in total. The van der Waals surface area contributed by atoms with Crippen molar-refractivity contribution < 1.29 is 42.2 Å². The van der Waals surface area contributed by atoms with Gasteiger partial charge in [-0.05, 0) is 54.4 Å². The first-order chi connectivity index (χ1) is 14.2. The number of carbonyl (C=O) groups excluding carboxylic acids is 3. The maximum Gasteiger partial charge on any atom is 0.407 e. The van der Waals surface area contributed by atoms with E-state index in [1.165, 1.54) is 0 Å². The van der Waals surface area contributed by atoms with Gasteiger partial charge < -0.3 is 19.5 Å². The van der Waals surface area contributed by atoms with Gasteiger partial charge in [0.25, 0.3) is 0 Å². The molecule has 0 atom stereocenters. The summed E-state index contributed by atoms with van der Waals surface area (Å²) >= 11 is 0. The highest BCUT2D eigenvalue weighted by atomic mass is 31.2. The Morgan fingerprint density at radius 2 is 1.29 bits per heavy atom. The molecule has 0 rings (SSSR count). The first-order valence-electron chi connectivity index (χ1n) is 10.3. The number of hydrogen-bond acceptors (Lipinski definition) is 9. The van der Waals surface area contributed by atoms with Gasteiger partial charge in [0.15, 0.2) is 0 Å². The number of carbonyl (C=O) groups is 3. The normalized spacial score (nSPS) is 12.2. The van der Waals surface area contributed by atoms with Crippen LogP contribution in [0.4, 0.5) is 4.79 Å². The molecule has 0 aromatic rings. The van der Waals surface area contributed by atoms with E-state index in [1.807, 2.05) is 6.92 Å². The molecular weight excluding hydrogens is 429 g/mol. The predicted octanol–water partition coefficient (Wildman–Crippen LogP) is 4.22. The van der Waals surface area contributed by atoms with E-state index in [0.29, 0.717) is 6.61 Å². The number of nitrogens with one attached hydrogen (secondary N) is 1. The maximum atomic E-state index is 13.0. The zero-order valence-electron chi connectivity index (χ0n) is 19.8. The highest BCUT2D eigenvalue weighted by Crippen LogP contribution is 2.48. The molecule has 0 aromatic carbocycles. The fraction of sp³-hybridized carbons (Fsp3) is 0.850. The Balaban J connectivity index is 4.67. The van der Waals surface area contributed by atoms with E-state index in [2.05, 4.69) is 5.32 Å². The molecule has 0 aliphatic rings. The van der Waals surface area contributed by atoms with Crippen molar-refractivity contribution >= 4 is 25.6 Å². The summed E-state index contributed by atoms with van der Waals surface area (Å²) < 4.78 is 38.3. The van der Waals surface area contributed by atoms with Gasteiger partial charge in [-0.25, -0.2) is 4.79 Å². The van der Waals surface area contributed by atoms with Crippen LogP contribution in [0.1, 0.15) is 67.7 Å². The topological polar surface area (TPSA) is 126 Å². The maximum absolute atomic E-state index is 13.0. The van der Waals surface area contributed by atoms with Crippen molar-refractivity contribution in [3.05, 3.63) is 0 Å². The van der Waals surface area contributed by atoms with Gasteiger partial charge in [-0.15, -0.1) is 0 Å². The molecule has 0 aliphatic heterocycles. The quantitative estimate of drug-likeness (QED) is 0.139. The van der Waals surface area contributed by atoms with Crippen LogP contribution >= 0.6 is 7.60 Å². The van der Waals surface area contributed by atoms with Crippen LogP contribution in [-0.2, 0) is 37.4 Å². The molecule has 0 bridgehead atoms. The smallest absolute Gasteiger partial charge is 0.407 e. The molecule has 0 saturated carbocycles. The Morgan fingerprint density at radius 3 is 1.71 bits per heavy atom. The SMILES string of the molecule is CCCCOC(=O)NCCCP(=O)(OCOC(=O)C(C)(C)C)OCOC(=O)C(C)(C)C.